The third-order valence-electron chi connectivity index (χ3n) is 3.00. The van der Waals surface area contributed by atoms with Crippen LogP contribution in [-0.4, -0.2) is 43.1 Å². The Hall–Kier alpha value is -0.980. The van der Waals surface area contributed by atoms with E-state index in [-0.39, 0.29) is 12.2 Å². The Labute approximate surface area is 107 Å². The fourth-order valence-corrected chi connectivity index (χ4v) is 2.09. The van der Waals surface area contributed by atoms with E-state index in [4.69, 9.17) is 14.0 Å². The highest BCUT2D eigenvalue weighted by molar-refractivity contribution is 4.94. The van der Waals surface area contributed by atoms with Gasteiger partial charge < -0.3 is 19.3 Å². The number of aromatic nitrogens is 2. The molecule has 6 heteroatoms. The van der Waals surface area contributed by atoms with Crippen molar-refractivity contribution >= 4 is 0 Å². The molecule has 1 aliphatic heterocycles. The molecule has 102 valence electrons. The summed E-state index contributed by atoms with van der Waals surface area (Å²) in [5.74, 6) is 1.54. The molecule has 2 unspecified atom stereocenters. The van der Waals surface area contributed by atoms with Crippen molar-refractivity contribution in [2.75, 3.05) is 26.8 Å². The molecule has 0 bridgehead atoms. The van der Waals surface area contributed by atoms with Gasteiger partial charge in [-0.05, 0) is 5.92 Å². The van der Waals surface area contributed by atoms with Crippen LogP contribution in [-0.2, 0) is 15.9 Å². The van der Waals surface area contributed by atoms with Crippen molar-refractivity contribution in [3.63, 3.8) is 0 Å². The van der Waals surface area contributed by atoms with Crippen LogP contribution in [0.15, 0.2) is 4.52 Å². The van der Waals surface area contributed by atoms with Gasteiger partial charge in [-0.1, -0.05) is 19.0 Å². The van der Waals surface area contributed by atoms with Crippen molar-refractivity contribution in [3.05, 3.63) is 11.7 Å². The van der Waals surface area contributed by atoms with Crippen molar-refractivity contribution in [2.45, 2.75) is 32.5 Å². The average molecular weight is 255 g/mol. The van der Waals surface area contributed by atoms with E-state index in [1.54, 1.807) is 7.11 Å². The SMILES string of the molecule is COC(c1noc(CC2CNCCO2)n1)C(C)C. The summed E-state index contributed by atoms with van der Waals surface area (Å²) in [5.41, 5.74) is 0. The van der Waals surface area contributed by atoms with Gasteiger partial charge in [0.1, 0.15) is 6.10 Å². The monoisotopic (exact) mass is 255 g/mol. The molecule has 0 spiro atoms. The van der Waals surface area contributed by atoms with E-state index in [1.165, 1.54) is 0 Å². The normalized spacial score (nSPS) is 22.3. The summed E-state index contributed by atoms with van der Waals surface area (Å²) >= 11 is 0. The summed E-state index contributed by atoms with van der Waals surface area (Å²) in [6, 6.07) is 0. The maximum Gasteiger partial charge on any atom is 0.229 e. The highest BCUT2D eigenvalue weighted by Crippen LogP contribution is 2.22. The Morgan fingerprint density at radius 2 is 2.33 bits per heavy atom. The van der Waals surface area contributed by atoms with Gasteiger partial charge in [-0.3, -0.25) is 0 Å². The average Bonchev–Trinajstić information content (AvgIpc) is 2.79. The fourth-order valence-electron chi connectivity index (χ4n) is 2.09. The smallest absolute Gasteiger partial charge is 0.229 e. The van der Waals surface area contributed by atoms with Crippen LogP contribution in [0.1, 0.15) is 31.7 Å². The number of hydrogen-bond acceptors (Lipinski definition) is 6. The molecular weight excluding hydrogens is 234 g/mol. The summed E-state index contributed by atoms with van der Waals surface area (Å²) in [6.07, 6.45) is 0.647. The number of morpholine rings is 1. The number of nitrogens with one attached hydrogen (secondary N) is 1. The standard InChI is InChI=1S/C12H21N3O3/c1-8(2)11(16-3)12-14-10(18-15-12)6-9-7-13-4-5-17-9/h8-9,11,13H,4-7H2,1-3H3. The first-order valence-corrected chi connectivity index (χ1v) is 6.38. The molecule has 1 aliphatic rings. The number of nitrogens with zero attached hydrogens (tertiary/aromatic N) is 2. The second-order valence-corrected chi connectivity index (χ2v) is 4.85. The number of methoxy groups -OCH3 is 1. The van der Waals surface area contributed by atoms with Gasteiger partial charge in [0.2, 0.25) is 11.7 Å². The minimum absolute atomic E-state index is 0.118. The van der Waals surface area contributed by atoms with Crippen LogP contribution >= 0.6 is 0 Å². The number of ether oxygens (including phenoxy) is 2. The van der Waals surface area contributed by atoms with E-state index >= 15 is 0 Å². The molecule has 18 heavy (non-hydrogen) atoms. The highest BCUT2D eigenvalue weighted by Gasteiger charge is 2.23. The molecule has 2 rings (SSSR count). The largest absolute Gasteiger partial charge is 0.375 e. The first-order valence-electron chi connectivity index (χ1n) is 6.38. The van der Waals surface area contributed by atoms with E-state index in [0.717, 1.165) is 19.7 Å². The Balaban J connectivity index is 1.96. The lowest BCUT2D eigenvalue weighted by atomic mass is 10.1. The van der Waals surface area contributed by atoms with E-state index in [2.05, 4.69) is 29.3 Å². The topological polar surface area (TPSA) is 69.4 Å². The molecule has 6 nitrogen and oxygen atoms in total. The second-order valence-electron chi connectivity index (χ2n) is 4.85. The van der Waals surface area contributed by atoms with E-state index in [9.17, 15) is 0 Å². The summed E-state index contributed by atoms with van der Waals surface area (Å²) in [4.78, 5) is 4.39. The fraction of sp³-hybridized carbons (Fsp3) is 0.833. The quantitative estimate of drug-likeness (QED) is 0.844. The molecule has 0 aliphatic carbocycles. The molecule has 0 saturated carbocycles. The van der Waals surface area contributed by atoms with Crippen molar-refractivity contribution in [2.24, 2.45) is 5.92 Å². The Morgan fingerprint density at radius 3 is 2.94 bits per heavy atom. The first kappa shape index (κ1) is 13.5. The third-order valence-corrected chi connectivity index (χ3v) is 3.00. The molecule has 2 heterocycles. The van der Waals surface area contributed by atoms with Gasteiger partial charge >= 0.3 is 0 Å². The summed E-state index contributed by atoms with van der Waals surface area (Å²) in [5, 5.41) is 7.26. The van der Waals surface area contributed by atoms with Crippen LogP contribution in [0.3, 0.4) is 0 Å². The second kappa shape index (κ2) is 6.26. The van der Waals surface area contributed by atoms with Crippen molar-refractivity contribution in [1.29, 1.82) is 0 Å². The van der Waals surface area contributed by atoms with Gasteiger partial charge in [-0.15, -0.1) is 0 Å². The zero-order valence-electron chi connectivity index (χ0n) is 11.2. The Bertz CT molecular complexity index is 361. The van der Waals surface area contributed by atoms with E-state index in [1.807, 2.05) is 0 Å². The molecular formula is C12H21N3O3. The minimum Gasteiger partial charge on any atom is -0.375 e. The zero-order valence-corrected chi connectivity index (χ0v) is 11.2. The van der Waals surface area contributed by atoms with Gasteiger partial charge in [0.05, 0.1) is 19.1 Å². The summed E-state index contributed by atoms with van der Waals surface area (Å²) < 4.78 is 16.2. The lowest BCUT2D eigenvalue weighted by molar-refractivity contribution is 0.0246. The molecule has 1 aromatic heterocycles. The predicted octanol–water partition coefficient (Wildman–Crippen LogP) is 0.944. The van der Waals surface area contributed by atoms with Gasteiger partial charge in [-0.25, -0.2) is 0 Å². The van der Waals surface area contributed by atoms with Gasteiger partial charge in [0.15, 0.2) is 0 Å². The van der Waals surface area contributed by atoms with E-state index in [0.29, 0.717) is 24.1 Å². The molecule has 1 saturated heterocycles. The molecule has 1 aromatic rings. The molecule has 0 radical (unpaired) electrons. The minimum atomic E-state index is -0.118. The Kier molecular flexibility index (Phi) is 4.68. The van der Waals surface area contributed by atoms with Crippen LogP contribution in [0, 0.1) is 5.92 Å². The molecule has 1 fully saturated rings. The highest BCUT2D eigenvalue weighted by atomic mass is 16.5. The van der Waals surface area contributed by atoms with Crippen molar-refractivity contribution in [3.8, 4) is 0 Å². The lowest BCUT2D eigenvalue weighted by Gasteiger charge is -2.22. The van der Waals surface area contributed by atoms with Gasteiger partial charge in [0, 0.05) is 20.2 Å². The van der Waals surface area contributed by atoms with E-state index < -0.39 is 0 Å². The van der Waals surface area contributed by atoms with Crippen LogP contribution in [0.5, 0.6) is 0 Å². The van der Waals surface area contributed by atoms with Crippen LogP contribution < -0.4 is 5.32 Å². The van der Waals surface area contributed by atoms with Crippen molar-refractivity contribution in [1.82, 2.24) is 15.5 Å². The van der Waals surface area contributed by atoms with Crippen LogP contribution in [0.4, 0.5) is 0 Å². The molecule has 0 amide bonds. The predicted molar refractivity (Wildman–Crippen MR) is 65.2 cm³/mol. The number of rotatable bonds is 5. The number of hydrogen-bond donors (Lipinski definition) is 1. The maximum absolute atomic E-state index is 5.60. The Morgan fingerprint density at radius 1 is 1.50 bits per heavy atom. The molecule has 2 atom stereocenters. The first-order chi connectivity index (χ1) is 8.70. The third kappa shape index (κ3) is 3.28. The summed E-state index contributed by atoms with van der Waals surface area (Å²) in [6.45, 7) is 6.61. The lowest BCUT2D eigenvalue weighted by Crippen LogP contribution is -2.39. The van der Waals surface area contributed by atoms with Crippen molar-refractivity contribution < 1.29 is 14.0 Å². The zero-order chi connectivity index (χ0) is 13.0. The molecule has 0 aromatic carbocycles. The summed E-state index contributed by atoms with van der Waals surface area (Å²) in [7, 11) is 1.66. The molecule has 1 N–H and O–H groups in total. The maximum atomic E-state index is 5.60. The van der Waals surface area contributed by atoms with Gasteiger partial charge in [0.25, 0.3) is 0 Å². The van der Waals surface area contributed by atoms with Crippen LogP contribution in [0.2, 0.25) is 0 Å². The van der Waals surface area contributed by atoms with Crippen LogP contribution in [0.25, 0.3) is 0 Å². The van der Waals surface area contributed by atoms with Gasteiger partial charge in [-0.2, -0.15) is 4.98 Å².